The summed E-state index contributed by atoms with van der Waals surface area (Å²) >= 11 is 4.38. The summed E-state index contributed by atoms with van der Waals surface area (Å²) in [7, 11) is 0. The molecule has 2 nitrogen and oxygen atoms in total. The molecule has 3 heteroatoms. The first-order chi connectivity index (χ1) is 4.93. The molecule has 1 atom stereocenters. The van der Waals surface area contributed by atoms with Gasteiger partial charge >= 0.3 is 0 Å². The van der Waals surface area contributed by atoms with Crippen molar-refractivity contribution in [2.75, 3.05) is 0 Å². The molecule has 0 bridgehead atoms. The number of thiol groups is 1. The van der Waals surface area contributed by atoms with Crippen LogP contribution < -0.4 is 11.5 Å². The third-order valence-corrected chi connectivity index (χ3v) is 3.42. The van der Waals surface area contributed by atoms with Gasteiger partial charge in [-0.1, -0.05) is 20.8 Å². The highest BCUT2D eigenvalue weighted by atomic mass is 32.1. The van der Waals surface area contributed by atoms with Gasteiger partial charge in [0.25, 0.3) is 0 Å². The molecule has 0 saturated heterocycles. The number of hydrogen-bond donors (Lipinski definition) is 3. The van der Waals surface area contributed by atoms with E-state index >= 15 is 0 Å². The van der Waals surface area contributed by atoms with Crippen LogP contribution in [0.15, 0.2) is 0 Å². The number of rotatable bonds is 4. The van der Waals surface area contributed by atoms with Crippen LogP contribution in [0.2, 0.25) is 0 Å². The Kier molecular flexibility index (Phi) is 3.88. The lowest BCUT2D eigenvalue weighted by atomic mass is 9.84. The Morgan fingerprint density at radius 3 is 1.45 bits per heavy atom. The van der Waals surface area contributed by atoms with Crippen molar-refractivity contribution in [2.45, 2.75) is 50.4 Å². The summed E-state index contributed by atoms with van der Waals surface area (Å²) in [6.07, 6.45) is 2.54. The third-order valence-electron chi connectivity index (χ3n) is 2.66. The Morgan fingerprint density at radius 2 is 1.36 bits per heavy atom. The van der Waals surface area contributed by atoms with Crippen molar-refractivity contribution >= 4 is 12.6 Å². The van der Waals surface area contributed by atoms with Gasteiger partial charge in [-0.05, 0) is 19.3 Å². The van der Waals surface area contributed by atoms with Crippen molar-refractivity contribution in [3.8, 4) is 0 Å². The SMILES string of the molecule is CCC(N)(S)C(N)(CC)CC. The van der Waals surface area contributed by atoms with Crippen LogP contribution in [-0.4, -0.2) is 10.4 Å². The Hall–Kier alpha value is 0.270. The standard InChI is InChI=1S/C8H20N2S/c1-4-7(9,5-2)8(10,11)6-3/h11H,4-6,9-10H2,1-3H3. The summed E-state index contributed by atoms with van der Waals surface area (Å²) in [4.78, 5) is -0.531. The maximum atomic E-state index is 6.08. The fraction of sp³-hybridized carbons (Fsp3) is 1.00. The smallest absolute Gasteiger partial charge is 0.0769 e. The van der Waals surface area contributed by atoms with Crippen molar-refractivity contribution in [1.82, 2.24) is 0 Å². The molecule has 11 heavy (non-hydrogen) atoms. The van der Waals surface area contributed by atoms with Crippen LogP contribution in [0, 0.1) is 0 Å². The van der Waals surface area contributed by atoms with E-state index in [1.165, 1.54) is 0 Å². The summed E-state index contributed by atoms with van der Waals surface area (Å²) in [6, 6.07) is 0. The monoisotopic (exact) mass is 176 g/mol. The molecule has 0 spiro atoms. The van der Waals surface area contributed by atoms with Crippen LogP contribution in [0.25, 0.3) is 0 Å². The molecule has 0 aliphatic heterocycles. The van der Waals surface area contributed by atoms with Gasteiger partial charge in [-0.25, -0.2) is 0 Å². The molecule has 0 saturated carbocycles. The average Bonchev–Trinajstić information content (AvgIpc) is 2.02. The molecule has 0 aliphatic carbocycles. The average molecular weight is 176 g/mol. The lowest BCUT2D eigenvalue weighted by molar-refractivity contribution is 0.286. The Balaban J connectivity index is 4.47. The van der Waals surface area contributed by atoms with Crippen molar-refractivity contribution in [3.63, 3.8) is 0 Å². The molecule has 0 aromatic heterocycles. The van der Waals surface area contributed by atoms with Crippen molar-refractivity contribution < 1.29 is 0 Å². The first-order valence-electron chi connectivity index (χ1n) is 4.23. The van der Waals surface area contributed by atoms with Gasteiger partial charge < -0.3 is 11.5 Å². The predicted octanol–water partition coefficient (Wildman–Crippen LogP) is 1.50. The van der Waals surface area contributed by atoms with E-state index in [-0.39, 0.29) is 5.54 Å². The van der Waals surface area contributed by atoms with E-state index in [1.807, 2.05) is 6.92 Å². The molecule has 4 N–H and O–H groups in total. The summed E-state index contributed by atoms with van der Waals surface area (Å²) in [5.74, 6) is 0. The first-order valence-corrected chi connectivity index (χ1v) is 4.68. The molecule has 0 aromatic carbocycles. The molecule has 0 radical (unpaired) electrons. The van der Waals surface area contributed by atoms with Crippen molar-refractivity contribution in [3.05, 3.63) is 0 Å². The fourth-order valence-corrected chi connectivity index (χ4v) is 1.53. The highest BCUT2D eigenvalue weighted by molar-refractivity contribution is 7.81. The van der Waals surface area contributed by atoms with Crippen LogP contribution in [0.3, 0.4) is 0 Å². The predicted molar refractivity (Wildman–Crippen MR) is 53.7 cm³/mol. The van der Waals surface area contributed by atoms with Crippen molar-refractivity contribution in [1.29, 1.82) is 0 Å². The minimum absolute atomic E-state index is 0.329. The zero-order valence-corrected chi connectivity index (χ0v) is 8.62. The molecule has 0 heterocycles. The molecule has 0 aliphatic rings. The van der Waals surface area contributed by atoms with Crippen molar-refractivity contribution in [2.24, 2.45) is 11.5 Å². The molecule has 0 rings (SSSR count). The molecule has 68 valence electrons. The summed E-state index contributed by atoms with van der Waals surface area (Å²) in [5, 5.41) is 0. The molecule has 1 unspecified atom stereocenters. The van der Waals surface area contributed by atoms with E-state index < -0.39 is 4.87 Å². The normalized spacial score (nSPS) is 18.0. The summed E-state index contributed by atoms with van der Waals surface area (Å²) in [5.41, 5.74) is 11.7. The van der Waals surface area contributed by atoms with E-state index in [0.29, 0.717) is 0 Å². The van der Waals surface area contributed by atoms with Crippen LogP contribution in [-0.2, 0) is 0 Å². The van der Waals surface area contributed by atoms with Gasteiger partial charge in [-0.3, -0.25) is 0 Å². The largest absolute Gasteiger partial charge is 0.323 e. The van der Waals surface area contributed by atoms with E-state index in [4.69, 9.17) is 11.5 Å². The topological polar surface area (TPSA) is 52.0 Å². The highest BCUT2D eigenvalue weighted by Crippen LogP contribution is 2.30. The minimum atomic E-state index is -0.531. The van der Waals surface area contributed by atoms with Gasteiger partial charge in [0.1, 0.15) is 0 Å². The summed E-state index contributed by atoms with van der Waals surface area (Å²) < 4.78 is 0. The van der Waals surface area contributed by atoms with E-state index in [1.54, 1.807) is 0 Å². The van der Waals surface area contributed by atoms with Crippen LogP contribution in [0.4, 0.5) is 0 Å². The van der Waals surface area contributed by atoms with Crippen LogP contribution in [0.5, 0.6) is 0 Å². The van der Waals surface area contributed by atoms with Gasteiger partial charge in [0.15, 0.2) is 0 Å². The van der Waals surface area contributed by atoms with Crippen LogP contribution >= 0.6 is 12.6 Å². The van der Waals surface area contributed by atoms with E-state index in [9.17, 15) is 0 Å². The lowest BCUT2D eigenvalue weighted by Crippen LogP contribution is -2.61. The van der Waals surface area contributed by atoms with Gasteiger partial charge in [0.05, 0.1) is 4.87 Å². The van der Waals surface area contributed by atoms with Gasteiger partial charge in [0.2, 0.25) is 0 Å². The zero-order valence-electron chi connectivity index (χ0n) is 7.72. The lowest BCUT2D eigenvalue weighted by Gasteiger charge is -2.41. The van der Waals surface area contributed by atoms with Gasteiger partial charge in [-0.15, -0.1) is 0 Å². The second-order valence-electron chi connectivity index (χ2n) is 3.14. The van der Waals surface area contributed by atoms with Gasteiger partial charge in [0, 0.05) is 5.54 Å². The number of nitrogens with two attached hydrogens (primary N) is 2. The third kappa shape index (κ3) is 2.10. The Labute approximate surface area is 75.1 Å². The fourth-order valence-electron chi connectivity index (χ4n) is 1.21. The second-order valence-corrected chi connectivity index (χ2v) is 3.94. The van der Waals surface area contributed by atoms with Crippen LogP contribution in [0.1, 0.15) is 40.0 Å². The molecule has 0 fully saturated rings. The molecular weight excluding hydrogens is 156 g/mol. The quantitative estimate of drug-likeness (QED) is 0.449. The van der Waals surface area contributed by atoms with Gasteiger partial charge in [-0.2, -0.15) is 12.6 Å². The number of hydrogen-bond acceptors (Lipinski definition) is 3. The summed E-state index contributed by atoms with van der Waals surface area (Å²) in [6.45, 7) is 6.12. The maximum Gasteiger partial charge on any atom is 0.0769 e. The molecular formula is C8H20N2S. The Bertz CT molecular complexity index is 119. The minimum Gasteiger partial charge on any atom is -0.323 e. The van der Waals surface area contributed by atoms with E-state index in [2.05, 4.69) is 26.5 Å². The zero-order chi connectivity index (χ0) is 9.12. The molecule has 0 aromatic rings. The Morgan fingerprint density at radius 1 is 1.00 bits per heavy atom. The molecule has 0 amide bonds. The maximum absolute atomic E-state index is 6.08. The van der Waals surface area contributed by atoms with E-state index in [0.717, 1.165) is 19.3 Å². The highest BCUT2D eigenvalue weighted by Gasteiger charge is 2.38. The first kappa shape index (κ1) is 11.3. The second kappa shape index (κ2) is 3.78.